The number of hydrogen-bond donors (Lipinski definition) is 1. The molecule has 1 atom stereocenters. The van der Waals surface area contributed by atoms with Crippen LogP contribution in [0.5, 0.6) is 0 Å². The van der Waals surface area contributed by atoms with Crippen molar-refractivity contribution in [3.63, 3.8) is 0 Å². The lowest BCUT2D eigenvalue weighted by Gasteiger charge is -2.14. The van der Waals surface area contributed by atoms with E-state index in [0.29, 0.717) is 0 Å². The molecule has 16 heavy (non-hydrogen) atoms. The predicted molar refractivity (Wildman–Crippen MR) is 56.0 cm³/mol. The zero-order valence-electron chi connectivity index (χ0n) is 8.67. The first kappa shape index (κ1) is 12.8. The summed E-state index contributed by atoms with van der Waals surface area (Å²) in [7, 11) is 0. The molecule has 1 rings (SSSR count). The number of alkyl halides is 3. The Labute approximate surface area is 92.2 Å². The van der Waals surface area contributed by atoms with E-state index in [1.807, 2.05) is 0 Å². The molecule has 0 aromatic heterocycles. The van der Waals surface area contributed by atoms with Crippen molar-refractivity contribution in [1.29, 1.82) is 0 Å². The van der Waals surface area contributed by atoms with Crippen LogP contribution in [0.1, 0.15) is 17.5 Å². The van der Waals surface area contributed by atoms with Crippen LogP contribution in [0.4, 0.5) is 13.2 Å². The lowest BCUT2D eigenvalue weighted by atomic mass is 10.00. The topological polar surface area (TPSA) is 20.2 Å². The number of aliphatic hydroxyl groups is 1. The van der Waals surface area contributed by atoms with Gasteiger partial charge < -0.3 is 5.11 Å². The molecule has 4 heteroatoms. The second-order valence-electron chi connectivity index (χ2n) is 3.54. The summed E-state index contributed by atoms with van der Waals surface area (Å²) in [6, 6.07) is 5.28. The van der Waals surface area contributed by atoms with E-state index in [4.69, 9.17) is 0 Å². The van der Waals surface area contributed by atoms with Gasteiger partial charge in [-0.2, -0.15) is 13.2 Å². The minimum Gasteiger partial charge on any atom is -0.392 e. The molecular formula is C12H13F3O. The maximum Gasteiger partial charge on any atom is 0.416 e. The summed E-state index contributed by atoms with van der Waals surface area (Å²) in [5, 5.41) is 9.45. The number of rotatable bonds is 4. The summed E-state index contributed by atoms with van der Waals surface area (Å²) in [4.78, 5) is 0. The Balaban J connectivity index is 2.91. The van der Waals surface area contributed by atoms with E-state index >= 15 is 0 Å². The normalized spacial score (nSPS) is 13.5. The summed E-state index contributed by atoms with van der Waals surface area (Å²) < 4.78 is 37.7. The Bertz CT molecular complexity index is 358. The monoisotopic (exact) mass is 230 g/mol. The molecule has 0 spiro atoms. The molecule has 0 bridgehead atoms. The van der Waals surface area contributed by atoms with Crippen LogP contribution >= 0.6 is 0 Å². The summed E-state index contributed by atoms with van der Waals surface area (Å²) in [6.07, 6.45) is -3.43. The molecular weight excluding hydrogens is 217 g/mol. The first-order chi connectivity index (χ1) is 7.45. The van der Waals surface area contributed by atoms with Crippen LogP contribution in [-0.2, 0) is 12.6 Å². The highest BCUT2D eigenvalue weighted by Gasteiger charge is 2.33. The molecule has 1 aromatic carbocycles. The van der Waals surface area contributed by atoms with Gasteiger partial charge in [0.1, 0.15) is 0 Å². The average molecular weight is 230 g/mol. The largest absolute Gasteiger partial charge is 0.416 e. The third-order valence-corrected chi connectivity index (χ3v) is 2.22. The standard InChI is InChI=1S/C12H13F3O/c1-2-5-10(16)8-9-6-3-4-7-11(9)12(13,14)15/h2-4,6-7,10,16H,1,5,8H2. The Hall–Kier alpha value is -1.29. The van der Waals surface area contributed by atoms with E-state index in [9.17, 15) is 18.3 Å². The van der Waals surface area contributed by atoms with Crippen molar-refractivity contribution in [3.05, 3.63) is 48.0 Å². The van der Waals surface area contributed by atoms with E-state index in [-0.39, 0.29) is 18.4 Å². The maximum absolute atomic E-state index is 12.6. The molecule has 1 unspecified atom stereocenters. The van der Waals surface area contributed by atoms with Crippen molar-refractivity contribution in [3.8, 4) is 0 Å². The fraction of sp³-hybridized carbons (Fsp3) is 0.333. The number of halogens is 3. The molecule has 0 radical (unpaired) electrons. The minimum absolute atomic E-state index is 0.0122. The van der Waals surface area contributed by atoms with Gasteiger partial charge in [0.25, 0.3) is 0 Å². The molecule has 0 aliphatic carbocycles. The third kappa shape index (κ3) is 3.38. The molecule has 0 fully saturated rings. The molecule has 1 aromatic rings. The van der Waals surface area contributed by atoms with E-state index in [1.54, 1.807) is 0 Å². The van der Waals surface area contributed by atoms with Crippen molar-refractivity contribution >= 4 is 0 Å². The number of aliphatic hydroxyl groups excluding tert-OH is 1. The van der Waals surface area contributed by atoms with Crippen LogP contribution in [-0.4, -0.2) is 11.2 Å². The Morgan fingerprint density at radius 3 is 2.50 bits per heavy atom. The quantitative estimate of drug-likeness (QED) is 0.787. The lowest BCUT2D eigenvalue weighted by Crippen LogP contribution is -2.15. The van der Waals surface area contributed by atoms with Gasteiger partial charge in [-0.1, -0.05) is 24.3 Å². The maximum atomic E-state index is 12.6. The van der Waals surface area contributed by atoms with Crippen LogP contribution in [0.25, 0.3) is 0 Å². The van der Waals surface area contributed by atoms with Gasteiger partial charge in [-0.3, -0.25) is 0 Å². The third-order valence-electron chi connectivity index (χ3n) is 2.22. The zero-order valence-corrected chi connectivity index (χ0v) is 8.67. The SMILES string of the molecule is C=CCC(O)Cc1ccccc1C(F)(F)F. The van der Waals surface area contributed by atoms with Gasteiger partial charge in [0.15, 0.2) is 0 Å². The predicted octanol–water partition coefficient (Wildman–Crippen LogP) is 3.18. The molecule has 88 valence electrons. The minimum atomic E-state index is -4.37. The van der Waals surface area contributed by atoms with E-state index in [0.717, 1.165) is 6.07 Å². The number of hydrogen-bond acceptors (Lipinski definition) is 1. The molecule has 0 aliphatic rings. The molecule has 1 nitrogen and oxygen atoms in total. The molecule has 0 aliphatic heterocycles. The van der Waals surface area contributed by atoms with E-state index < -0.39 is 17.8 Å². The number of benzene rings is 1. The van der Waals surface area contributed by atoms with Gasteiger partial charge in [0.05, 0.1) is 11.7 Å². The Morgan fingerprint density at radius 2 is 1.94 bits per heavy atom. The second-order valence-corrected chi connectivity index (χ2v) is 3.54. The summed E-state index contributed by atoms with van der Waals surface area (Å²) in [6.45, 7) is 3.43. The fourth-order valence-electron chi connectivity index (χ4n) is 1.50. The van der Waals surface area contributed by atoms with Gasteiger partial charge in [0.2, 0.25) is 0 Å². The van der Waals surface area contributed by atoms with E-state index in [1.165, 1.54) is 24.3 Å². The molecule has 0 amide bonds. The first-order valence-corrected chi connectivity index (χ1v) is 4.89. The highest BCUT2D eigenvalue weighted by Crippen LogP contribution is 2.32. The molecule has 0 heterocycles. The van der Waals surface area contributed by atoms with Gasteiger partial charge in [-0.05, 0) is 24.5 Å². The van der Waals surface area contributed by atoms with Gasteiger partial charge in [0, 0.05) is 0 Å². The van der Waals surface area contributed by atoms with Gasteiger partial charge in [-0.25, -0.2) is 0 Å². The van der Waals surface area contributed by atoms with Crippen molar-refractivity contribution in [1.82, 2.24) is 0 Å². The Morgan fingerprint density at radius 1 is 1.31 bits per heavy atom. The summed E-state index contributed by atoms with van der Waals surface area (Å²) >= 11 is 0. The smallest absolute Gasteiger partial charge is 0.392 e. The van der Waals surface area contributed by atoms with Crippen LogP contribution in [0.15, 0.2) is 36.9 Å². The van der Waals surface area contributed by atoms with E-state index in [2.05, 4.69) is 6.58 Å². The van der Waals surface area contributed by atoms with Crippen molar-refractivity contribution in [2.24, 2.45) is 0 Å². The summed E-state index contributed by atoms with van der Waals surface area (Å²) in [5.74, 6) is 0. The highest BCUT2D eigenvalue weighted by atomic mass is 19.4. The van der Waals surface area contributed by atoms with Gasteiger partial charge >= 0.3 is 6.18 Å². The van der Waals surface area contributed by atoms with Crippen LogP contribution in [0.3, 0.4) is 0 Å². The lowest BCUT2D eigenvalue weighted by molar-refractivity contribution is -0.138. The van der Waals surface area contributed by atoms with Crippen LogP contribution in [0.2, 0.25) is 0 Å². The molecule has 1 N–H and O–H groups in total. The molecule has 0 saturated carbocycles. The average Bonchev–Trinajstić information content (AvgIpc) is 2.17. The Kier molecular flexibility index (Phi) is 4.12. The van der Waals surface area contributed by atoms with Crippen molar-refractivity contribution in [2.75, 3.05) is 0 Å². The fourth-order valence-corrected chi connectivity index (χ4v) is 1.50. The highest BCUT2D eigenvalue weighted by molar-refractivity contribution is 5.30. The second kappa shape index (κ2) is 5.16. The molecule has 0 saturated heterocycles. The zero-order chi connectivity index (χ0) is 12.2. The van der Waals surface area contributed by atoms with Gasteiger partial charge in [-0.15, -0.1) is 6.58 Å². The van der Waals surface area contributed by atoms with Crippen LogP contribution < -0.4 is 0 Å². The summed E-state index contributed by atoms with van der Waals surface area (Å²) in [5.41, 5.74) is -0.567. The van der Waals surface area contributed by atoms with Crippen LogP contribution in [0, 0.1) is 0 Å². The first-order valence-electron chi connectivity index (χ1n) is 4.89. The van der Waals surface area contributed by atoms with Crippen molar-refractivity contribution in [2.45, 2.75) is 25.1 Å². The van der Waals surface area contributed by atoms with Crippen molar-refractivity contribution < 1.29 is 18.3 Å².